The van der Waals surface area contributed by atoms with E-state index < -0.39 is 11.1 Å². The van der Waals surface area contributed by atoms with Crippen LogP contribution < -0.4 is 4.74 Å². The van der Waals surface area contributed by atoms with Crippen molar-refractivity contribution in [3.63, 3.8) is 0 Å². The first kappa shape index (κ1) is 26.5. The molecular formula is C24H20Br2Cl2N2O4S. The van der Waals surface area contributed by atoms with Crippen molar-refractivity contribution in [2.24, 2.45) is 0 Å². The molecule has 0 aliphatic carbocycles. The van der Waals surface area contributed by atoms with Crippen molar-refractivity contribution in [2.45, 2.75) is 25.9 Å². The first-order chi connectivity index (χ1) is 16.7. The van der Waals surface area contributed by atoms with Gasteiger partial charge < -0.3 is 9.64 Å². The van der Waals surface area contributed by atoms with Gasteiger partial charge in [-0.2, -0.15) is 0 Å². The van der Waals surface area contributed by atoms with Crippen molar-refractivity contribution in [1.82, 2.24) is 9.80 Å². The molecule has 2 aromatic rings. The number of nitrogens with zero attached hydrogens (tertiary/aromatic N) is 2. The number of amides is 3. The summed E-state index contributed by atoms with van der Waals surface area (Å²) in [5.41, 5.74) is 1.55. The van der Waals surface area contributed by atoms with Gasteiger partial charge >= 0.3 is 0 Å². The lowest BCUT2D eigenvalue weighted by Gasteiger charge is -2.27. The van der Waals surface area contributed by atoms with Crippen LogP contribution in [0.15, 0.2) is 44.2 Å². The lowest BCUT2D eigenvalue weighted by atomic mass is 10.1. The van der Waals surface area contributed by atoms with Gasteiger partial charge in [-0.3, -0.25) is 19.3 Å². The van der Waals surface area contributed by atoms with E-state index in [9.17, 15) is 14.4 Å². The Labute approximate surface area is 234 Å². The Morgan fingerprint density at radius 2 is 1.71 bits per heavy atom. The molecule has 6 nitrogen and oxygen atoms in total. The van der Waals surface area contributed by atoms with E-state index in [0.717, 1.165) is 41.5 Å². The van der Waals surface area contributed by atoms with E-state index in [2.05, 4.69) is 31.9 Å². The fourth-order valence-electron chi connectivity index (χ4n) is 3.75. The average Bonchev–Trinajstić information content (AvgIpc) is 3.08. The molecule has 0 atom stereocenters. The summed E-state index contributed by atoms with van der Waals surface area (Å²) in [5, 5.41) is 0.488. The van der Waals surface area contributed by atoms with Gasteiger partial charge in [-0.15, -0.1) is 0 Å². The third-order valence-corrected chi connectivity index (χ3v) is 8.39. The van der Waals surface area contributed by atoms with Crippen LogP contribution in [0.4, 0.5) is 4.79 Å². The Bertz CT molecular complexity index is 1200. The molecular weight excluding hydrogens is 643 g/mol. The van der Waals surface area contributed by atoms with Crippen molar-refractivity contribution in [3.05, 3.63) is 65.4 Å². The van der Waals surface area contributed by atoms with Gasteiger partial charge in [0.1, 0.15) is 18.9 Å². The quantitative estimate of drug-likeness (QED) is 0.308. The lowest BCUT2D eigenvalue weighted by Crippen LogP contribution is -2.44. The number of carbonyl (C=O) groups excluding carboxylic acids is 3. The van der Waals surface area contributed by atoms with Crippen molar-refractivity contribution < 1.29 is 19.1 Å². The molecule has 0 aromatic heterocycles. The van der Waals surface area contributed by atoms with Gasteiger partial charge in [0.15, 0.2) is 0 Å². The second-order valence-corrected chi connectivity index (χ2v) is 11.6. The second-order valence-electron chi connectivity index (χ2n) is 8.06. The zero-order valence-electron chi connectivity index (χ0n) is 18.4. The molecule has 0 radical (unpaired) electrons. The molecule has 0 spiro atoms. The van der Waals surface area contributed by atoms with Crippen molar-refractivity contribution in [2.75, 3.05) is 19.6 Å². The van der Waals surface area contributed by atoms with Gasteiger partial charge in [-0.1, -0.05) is 29.3 Å². The van der Waals surface area contributed by atoms with E-state index in [1.54, 1.807) is 35.2 Å². The number of ether oxygens (including phenoxy) is 1. The van der Waals surface area contributed by atoms with Gasteiger partial charge in [0.05, 0.1) is 23.9 Å². The fourth-order valence-corrected chi connectivity index (χ4v) is 6.36. The number of benzene rings is 2. The van der Waals surface area contributed by atoms with Gasteiger partial charge in [-0.25, -0.2) is 0 Å². The SMILES string of the molecule is O=C(CN1C(=O)S/C(=C\c2cc(Br)c(OCc3ccc(Cl)c(Cl)c3)c(Br)c2)C1=O)N1CCCCC1. The van der Waals surface area contributed by atoms with Gasteiger partial charge in [0, 0.05) is 13.1 Å². The highest BCUT2D eigenvalue weighted by molar-refractivity contribution is 9.11. The van der Waals surface area contributed by atoms with Gasteiger partial charge in [0.2, 0.25) is 5.91 Å². The van der Waals surface area contributed by atoms with E-state index in [-0.39, 0.29) is 24.0 Å². The van der Waals surface area contributed by atoms with E-state index in [1.807, 2.05) is 6.07 Å². The largest absolute Gasteiger partial charge is 0.487 e. The summed E-state index contributed by atoms with van der Waals surface area (Å²) in [6.07, 6.45) is 4.63. The monoisotopic (exact) mass is 660 g/mol. The Balaban J connectivity index is 1.45. The maximum absolute atomic E-state index is 12.9. The number of carbonyl (C=O) groups is 3. The Hall–Kier alpha value is -1.52. The van der Waals surface area contributed by atoms with Crippen LogP contribution in [-0.4, -0.2) is 46.5 Å². The first-order valence-corrected chi connectivity index (χ1v) is 14.0. The highest BCUT2D eigenvalue weighted by Gasteiger charge is 2.37. The summed E-state index contributed by atoms with van der Waals surface area (Å²) in [6, 6.07) is 8.87. The number of likely N-dealkylation sites (tertiary alicyclic amines) is 1. The van der Waals surface area contributed by atoms with E-state index in [4.69, 9.17) is 27.9 Å². The minimum Gasteiger partial charge on any atom is -0.487 e. The molecule has 0 N–H and O–H groups in total. The molecule has 0 saturated carbocycles. The normalized spacial score (nSPS) is 17.4. The number of halogens is 4. The minimum absolute atomic E-state index is 0.192. The number of thioether (sulfide) groups is 1. The topological polar surface area (TPSA) is 66.9 Å². The standard InChI is InChI=1S/C24H20Br2Cl2N2O4S/c25-16-8-15(9-17(26)22(16)34-13-14-4-5-18(27)19(28)10-14)11-20-23(32)30(24(33)35-20)12-21(31)29-6-2-1-3-7-29/h4-5,8-11H,1-3,6-7,12-13H2/b20-11-. The van der Waals surface area contributed by atoms with E-state index in [0.29, 0.717) is 43.4 Å². The third kappa shape index (κ3) is 6.43. The smallest absolute Gasteiger partial charge is 0.294 e. The molecule has 0 unspecified atom stereocenters. The molecule has 2 saturated heterocycles. The summed E-state index contributed by atoms with van der Waals surface area (Å²) in [6.45, 7) is 1.40. The molecule has 2 aliphatic heterocycles. The first-order valence-electron chi connectivity index (χ1n) is 10.8. The summed E-state index contributed by atoms with van der Waals surface area (Å²) in [5.74, 6) is -0.0757. The predicted octanol–water partition coefficient (Wildman–Crippen LogP) is 7.15. The highest BCUT2D eigenvalue weighted by atomic mass is 79.9. The van der Waals surface area contributed by atoms with Crippen molar-refractivity contribution in [1.29, 1.82) is 0 Å². The van der Waals surface area contributed by atoms with Crippen molar-refractivity contribution in [3.8, 4) is 5.75 Å². The average molecular weight is 663 g/mol. The van der Waals surface area contributed by atoms with E-state index in [1.165, 1.54) is 0 Å². The highest BCUT2D eigenvalue weighted by Crippen LogP contribution is 2.38. The molecule has 2 fully saturated rings. The van der Waals surface area contributed by atoms with Crippen LogP contribution in [0.3, 0.4) is 0 Å². The van der Waals surface area contributed by atoms with Crippen LogP contribution in [0.5, 0.6) is 5.75 Å². The second kappa shape index (κ2) is 11.7. The Morgan fingerprint density at radius 3 is 2.37 bits per heavy atom. The Kier molecular flexibility index (Phi) is 8.86. The zero-order valence-corrected chi connectivity index (χ0v) is 23.9. The number of piperidine rings is 1. The number of imide groups is 1. The maximum atomic E-state index is 12.9. The maximum Gasteiger partial charge on any atom is 0.294 e. The molecule has 3 amide bonds. The van der Waals surface area contributed by atoms with Gasteiger partial charge in [-0.05, 0) is 104 Å². The number of hydrogen-bond donors (Lipinski definition) is 0. The van der Waals surface area contributed by atoms with Crippen LogP contribution in [0.2, 0.25) is 10.0 Å². The minimum atomic E-state index is -0.461. The molecule has 2 heterocycles. The molecule has 0 bridgehead atoms. The molecule has 2 aliphatic rings. The molecule has 35 heavy (non-hydrogen) atoms. The number of hydrogen-bond acceptors (Lipinski definition) is 5. The fraction of sp³-hybridized carbons (Fsp3) is 0.292. The molecule has 2 aromatic carbocycles. The van der Waals surface area contributed by atoms with Crippen molar-refractivity contribution >= 4 is 90.0 Å². The van der Waals surface area contributed by atoms with Gasteiger partial charge in [0.25, 0.3) is 11.1 Å². The van der Waals surface area contributed by atoms with Crippen LogP contribution in [0, 0.1) is 0 Å². The number of rotatable bonds is 6. The zero-order chi connectivity index (χ0) is 25.1. The lowest BCUT2D eigenvalue weighted by molar-refractivity contribution is -0.136. The molecule has 11 heteroatoms. The van der Waals surface area contributed by atoms with Crippen LogP contribution in [-0.2, 0) is 16.2 Å². The van der Waals surface area contributed by atoms with Crippen LogP contribution >= 0.6 is 66.8 Å². The summed E-state index contributed by atoms with van der Waals surface area (Å²) in [7, 11) is 0. The predicted molar refractivity (Wildman–Crippen MR) is 146 cm³/mol. The summed E-state index contributed by atoms with van der Waals surface area (Å²) in [4.78, 5) is 40.9. The van der Waals surface area contributed by atoms with Crippen LogP contribution in [0.1, 0.15) is 30.4 Å². The van der Waals surface area contributed by atoms with E-state index >= 15 is 0 Å². The molecule has 4 rings (SSSR count). The summed E-state index contributed by atoms with van der Waals surface area (Å²) < 4.78 is 7.27. The molecule has 184 valence electrons. The third-order valence-electron chi connectivity index (χ3n) is 5.56. The Morgan fingerprint density at radius 1 is 1.03 bits per heavy atom. The summed E-state index contributed by atoms with van der Waals surface area (Å²) >= 11 is 19.9. The van der Waals surface area contributed by atoms with Crippen LogP contribution in [0.25, 0.3) is 6.08 Å².